The second-order valence-electron chi connectivity index (χ2n) is 4.49. The Morgan fingerprint density at radius 1 is 1.26 bits per heavy atom. The summed E-state index contributed by atoms with van der Waals surface area (Å²) in [6.45, 7) is 1.06. The molecule has 0 saturated heterocycles. The Hall–Kier alpha value is -0.0700. The highest BCUT2D eigenvalue weighted by molar-refractivity contribution is 8.10. The molecule has 4 nitrogen and oxygen atoms in total. The monoisotopic (exact) mass is 414 g/mol. The van der Waals surface area contributed by atoms with Gasteiger partial charge in [-0.05, 0) is 43.4 Å². The maximum Gasteiger partial charge on any atom is 0.316 e. The van der Waals surface area contributed by atoms with Gasteiger partial charge in [-0.2, -0.15) is 0 Å². The van der Waals surface area contributed by atoms with Gasteiger partial charge in [0.05, 0.1) is 23.3 Å². The van der Waals surface area contributed by atoms with Gasteiger partial charge < -0.3 is 14.2 Å². The first-order valence-corrected chi connectivity index (χ1v) is 10.7. The zero-order valence-corrected chi connectivity index (χ0v) is 16.7. The lowest BCUT2D eigenvalue weighted by Gasteiger charge is -2.27. The number of carboxylic acids is 1. The highest BCUT2D eigenvalue weighted by atomic mass is 35.5. The summed E-state index contributed by atoms with van der Waals surface area (Å²) in [4.78, 5) is 12.1. The maximum atomic E-state index is 11.7. The van der Waals surface area contributed by atoms with E-state index in [1.54, 1.807) is 32.0 Å². The number of benzene rings is 1. The van der Waals surface area contributed by atoms with Gasteiger partial charge in [-0.25, -0.2) is 0 Å². The lowest BCUT2D eigenvalue weighted by atomic mass is 10.1. The third-order valence-electron chi connectivity index (χ3n) is 2.91. The van der Waals surface area contributed by atoms with Crippen LogP contribution in [0.2, 0.25) is 10.0 Å². The summed E-state index contributed by atoms with van der Waals surface area (Å²) in [6, 6.07) is 4.92. The molecule has 0 aliphatic carbocycles. The molecule has 0 aliphatic rings. The Kier molecular flexibility index (Phi) is 8.59. The lowest BCUT2D eigenvalue weighted by Crippen LogP contribution is -2.26. The lowest BCUT2D eigenvalue weighted by molar-refractivity contribution is -0.136. The van der Waals surface area contributed by atoms with Gasteiger partial charge in [-0.3, -0.25) is 4.79 Å². The number of aliphatic carboxylic acids is 1. The van der Waals surface area contributed by atoms with E-state index in [0.717, 1.165) is 0 Å². The fourth-order valence-electron chi connectivity index (χ4n) is 1.87. The second kappa shape index (κ2) is 9.42. The predicted molar refractivity (Wildman–Crippen MR) is 102 cm³/mol. The van der Waals surface area contributed by atoms with Gasteiger partial charge in [0, 0.05) is 11.3 Å². The topological polar surface area (TPSA) is 55.8 Å². The first-order chi connectivity index (χ1) is 10.7. The van der Waals surface area contributed by atoms with Crippen LogP contribution >= 0.6 is 41.9 Å². The summed E-state index contributed by atoms with van der Waals surface area (Å²) in [5, 5.41) is 10.3. The van der Waals surface area contributed by atoms with Crippen LogP contribution in [0.3, 0.4) is 0 Å². The number of hydrogen-bond acceptors (Lipinski definition) is 5. The van der Waals surface area contributed by atoms with E-state index in [4.69, 9.17) is 56.3 Å². The largest absolute Gasteiger partial charge is 0.481 e. The molecular formula is C14H17Cl2O4PS2. The fourth-order valence-corrected chi connectivity index (χ4v) is 5.55. The Morgan fingerprint density at radius 3 is 2.26 bits per heavy atom. The van der Waals surface area contributed by atoms with Crippen molar-refractivity contribution in [3.8, 4) is 0 Å². The first-order valence-electron chi connectivity index (χ1n) is 6.85. The quantitative estimate of drug-likeness (QED) is 0.350. The Bertz CT molecular complexity index is 629. The molecule has 0 bridgehead atoms. The summed E-state index contributed by atoms with van der Waals surface area (Å²) in [5.74, 6) is -1.09. The smallest absolute Gasteiger partial charge is 0.316 e. The van der Waals surface area contributed by atoms with E-state index in [9.17, 15) is 9.90 Å². The number of halogens is 2. The zero-order chi connectivity index (χ0) is 17.6. The third-order valence-corrected chi connectivity index (χ3v) is 7.85. The van der Waals surface area contributed by atoms with Crippen LogP contribution in [0.1, 0.15) is 25.8 Å². The minimum absolute atomic E-state index is 0.0416. The van der Waals surface area contributed by atoms with E-state index in [0.29, 0.717) is 20.5 Å². The van der Waals surface area contributed by atoms with Crippen molar-refractivity contribution in [2.24, 2.45) is 0 Å². The molecule has 0 aliphatic heterocycles. The van der Waals surface area contributed by atoms with Crippen molar-refractivity contribution in [2.45, 2.75) is 25.9 Å². The van der Waals surface area contributed by atoms with Crippen molar-refractivity contribution in [3.05, 3.63) is 33.8 Å². The Labute approximate surface area is 156 Å². The van der Waals surface area contributed by atoms with Gasteiger partial charge in [0.1, 0.15) is 5.66 Å². The SMILES string of the molecule is CCOP(=S)(OCC)C(CC(=S)c1ccc(Cl)c(Cl)c1)C(=O)O. The van der Waals surface area contributed by atoms with Crippen LogP contribution in [0, 0.1) is 0 Å². The molecule has 1 unspecified atom stereocenters. The van der Waals surface area contributed by atoms with Gasteiger partial charge in [0.15, 0.2) is 0 Å². The molecule has 0 radical (unpaired) electrons. The molecule has 0 fully saturated rings. The standard InChI is InChI=1S/C14H17Cl2O4PS2/c1-3-19-21(23,20-4-2)12(14(17)18)8-13(22)9-5-6-10(15)11(16)7-9/h5-7,12H,3-4,8H2,1-2H3,(H,17,18). The number of hydrogen-bond donors (Lipinski definition) is 1. The van der Waals surface area contributed by atoms with E-state index < -0.39 is 18.1 Å². The van der Waals surface area contributed by atoms with E-state index in [2.05, 4.69) is 0 Å². The van der Waals surface area contributed by atoms with Crippen LogP contribution in [0.25, 0.3) is 0 Å². The summed E-state index contributed by atoms with van der Waals surface area (Å²) >= 11 is 22.6. The van der Waals surface area contributed by atoms with Gasteiger partial charge >= 0.3 is 5.97 Å². The summed E-state index contributed by atoms with van der Waals surface area (Å²) in [5.41, 5.74) is -0.380. The maximum absolute atomic E-state index is 11.7. The summed E-state index contributed by atoms with van der Waals surface area (Å²) < 4.78 is 11.0. The zero-order valence-electron chi connectivity index (χ0n) is 12.6. The average molecular weight is 415 g/mol. The van der Waals surface area contributed by atoms with Gasteiger partial charge in [-0.1, -0.05) is 41.5 Å². The predicted octanol–water partition coefficient (Wildman–Crippen LogP) is 4.94. The molecule has 0 aromatic heterocycles. The van der Waals surface area contributed by atoms with Crippen LogP contribution in [0.15, 0.2) is 18.2 Å². The average Bonchev–Trinajstić information content (AvgIpc) is 2.47. The van der Waals surface area contributed by atoms with E-state index in [-0.39, 0.29) is 19.6 Å². The minimum Gasteiger partial charge on any atom is -0.481 e. The van der Waals surface area contributed by atoms with Crippen molar-refractivity contribution in [3.63, 3.8) is 0 Å². The molecule has 1 atom stereocenters. The molecule has 1 aromatic rings. The number of carbonyl (C=O) groups is 1. The van der Waals surface area contributed by atoms with Gasteiger partial charge in [-0.15, -0.1) is 0 Å². The molecule has 0 amide bonds. The molecule has 23 heavy (non-hydrogen) atoms. The molecule has 0 saturated carbocycles. The molecule has 1 rings (SSSR count). The highest BCUT2D eigenvalue weighted by Crippen LogP contribution is 2.55. The van der Waals surface area contributed by atoms with Crippen LogP contribution in [0.5, 0.6) is 0 Å². The highest BCUT2D eigenvalue weighted by Gasteiger charge is 2.37. The van der Waals surface area contributed by atoms with E-state index in [1.165, 1.54) is 0 Å². The van der Waals surface area contributed by atoms with Crippen LogP contribution in [-0.4, -0.2) is 34.8 Å². The van der Waals surface area contributed by atoms with Crippen molar-refractivity contribution < 1.29 is 18.9 Å². The Morgan fingerprint density at radius 2 is 1.83 bits per heavy atom. The van der Waals surface area contributed by atoms with E-state index in [1.807, 2.05) is 0 Å². The van der Waals surface area contributed by atoms with E-state index >= 15 is 0 Å². The van der Waals surface area contributed by atoms with Crippen LogP contribution in [0.4, 0.5) is 0 Å². The Balaban J connectivity index is 3.07. The van der Waals surface area contributed by atoms with Gasteiger partial charge in [0.25, 0.3) is 0 Å². The van der Waals surface area contributed by atoms with Crippen LogP contribution < -0.4 is 0 Å². The van der Waals surface area contributed by atoms with Crippen molar-refractivity contribution in [1.82, 2.24) is 0 Å². The van der Waals surface area contributed by atoms with Crippen molar-refractivity contribution in [1.29, 1.82) is 0 Å². The number of thiocarbonyl (C=S) groups is 1. The van der Waals surface area contributed by atoms with Crippen molar-refractivity contribution >= 4 is 64.6 Å². The molecular weight excluding hydrogens is 398 g/mol. The molecule has 9 heteroatoms. The second-order valence-corrected chi connectivity index (χ2v) is 9.54. The van der Waals surface area contributed by atoms with Crippen molar-refractivity contribution in [2.75, 3.05) is 13.2 Å². The number of carboxylic acid groups (broad SMARTS) is 1. The molecule has 1 N–H and O–H groups in total. The fraction of sp³-hybridized carbons (Fsp3) is 0.429. The molecule has 0 heterocycles. The molecule has 128 valence electrons. The molecule has 0 spiro atoms. The minimum atomic E-state index is -2.99. The summed E-state index contributed by atoms with van der Waals surface area (Å²) in [6.07, 6.45) is 0.0416. The summed E-state index contributed by atoms with van der Waals surface area (Å²) in [7, 11) is 0. The third kappa shape index (κ3) is 5.75. The van der Waals surface area contributed by atoms with Crippen LogP contribution in [-0.2, 0) is 25.6 Å². The van der Waals surface area contributed by atoms with Gasteiger partial charge in [0.2, 0.25) is 6.49 Å². The first kappa shape index (κ1) is 21.0. The number of rotatable bonds is 9. The normalized spacial score (nSPS) is 12.9. The molecule has 1 aromatic carbocycles.